The van der Waals surface area contributed by atoms with Crippen LogP contribution in [0.4, 0.5) is 10.2 Å². The zero-order valence-corrected chi connectivity index (χ0v) is 18.8. The summed E-state index contributed by atoms with van der Waals surface area (Å²) in [6.07, 6.45) is 6.63. The van der Waals surface area contributed by atoms with Crippen LogP contribution in [0.5, 0.6) is 0 Å². The third-order valence-corrected chi connectivity index (χ3v) is 6.10. The largest absolute Gasteiger partial charge is 0.323 e. The van der Waals surface area contributed by atoms with Crippen LogP contribution in [0, 0.1) is 5.82 Å². The van der Waals surface area contributed by atoms with E-state index in [1.165, 1.54) is 12.1 Å². The first-order valence-electron chi connectivity index (χ1n) is 11.1. The van der Waals surface area contributed by atoms with Crippen molar-refractivity contribution >= 4 is 17.4 Å². The first-order chi connectivity index (χ1) is 17.0. The minimum atomic E-state index is -0.297. The molecular formula is C25H21FN8O. The number of nitrogens with one attached hydrogen (secondary N) is 1. The summed E-state index contributed by atoms with van der Waals surface area (Å²) in [6.45, 7) is 1.81. The Kier molecular flexibility index (Phi) is 5.07. The molecule has 9 nitrogen and oxygen atoms in total. The second kappa shape index (κ2) is 8.41. The molecule has 1 aliphatic rings. The van der Waals surface area contributed by atoms with Gasteiger partial charge in [-0.25, -0.2) is 18.9 Å². The van der Waals surface area contributed by atoms with E-state index in [4.69, 9.17) is 5.10 Å². The van der Waals surface area contributed by atoms with E-state index in [1.54, 1.807) is 47.4 Å². The van der Waals surface area contributed by atoms with E-state index in [0.29, 0.717) is 22.7 Å². The standard InChI is InChI=1S/C25H21FN8O/c1-32-12-19(13-32)33-15-28-23(16-2-4-18(26)5-3-16)24(33)20-6-7-22-29-21(14-34(22)31-20)30-25(35)17-8-10-27-11-9-17/h2-11,14-15,19H,12-13H2,1H3,(H,30,35). The van der Waals surface area contributed by atoms with Crippen molar-refractivity contribution in [2.45, 2.75) is 6.04 Å². The van der Waals surface area contributed by atoms with Gasteiger partial charge in [-0.05, 0) is 55.6 Å². The number of nitrogens with zero attached hydrogens (tertiary/aromatic N) is 7. The van der Waals surface area contributed by atoms with Crippen LogP contribution in [0.15, 0.2) is 73.4 Å². The van der Waals surface area contributed by atoms with E-state index >= 15 is 0 Å². The van der Waals surface area contributed by atoms with Crippen LogP contribution in [0.2, 0.25) is 0 Å². The number of hydrogen-bond donors (Lipinski definition) is 1. The molecular weight excluding hydrogens is 447 g/mol. The van der Waals surface area contributed by atoms with Crippen molar-refractivity contribution in [2.75, 3.05) is 25.5 Å². The van der Waals surface area contributed by atoms with Gasteiger partial charge in [0, 0.05) is 36.6 Å². The van der Waals surface area contributed by atoms with E-state index in [-0.39, 0.29) is 17.8 Å². The van der Waals surface area contributed by atoms with Gasteiger partial charge in [-0.2, -0.15) is 5.10 Å². The van der Waals surface area contributed by atoms with Gasteiger partial charge in [0.1, 0.15) is 11.5 Å². The lowest BCUT2D eigenvalue weighted by Gasteiger charge is -2.37. The van der Waals surface area contributed by atoms with Crippen molar-refractivity contribution in [1.29, 1.82) is 0 Å². The lowest BCUT2D eigenvalue weighted by atomic mass is 10.1. The molecule has 0 aliphatic carbocycles. The summed E-state index contributed by atoms with van der Waals surface area (Å²) in [7, 11) is 2.07. The van der Waals surface area contributed by atoms with Crippen molar-refractivity contribution in [1.82, 2.24) is 34.0 Å². The number of rotatable bonds is 5. The zero-order chi connectivity index (χ0) is 23.9. The minimum absolute atomic E-state index is 0.271. The first kappa shape index (κ1) is 21.1. The predicted molar refractivity (Wildman–Crippen MR) is 128 cm³/mol. The van der Waals surface area contributed by atoms with Crippen LogP contribution in [0.25, 0.3) is 28.3 Å². The molecule has 1 aromatic carbocycles. The number of carbonyl (C=O) groups excluding carboxylic acids is 1. The summed E-state index contributed by atoms with van der Waals surface area (Å²) in [5.41, 5.74) is 4.19. The van der Waals surface area contributed by atoms with Gasteiger partial charge in [-0.1, -0.05) is 0 Å². The summed E-state index contributed by atoms with van der Waals surface area (Å²) in [5, 5.41) is 7.59. The molecule has 6 rings (SSSR count). The van der Waals surface area contributed by atoms with Crippen molar-refractivity contribution in [3.8, 4) is 22.6 Å². The predicted octanol–water partition coefficient (Wildman–Crippen LogP) is 3.53. The number of carbonyl (C=O) groups is 1. The van der Waals surface area contributed by atoms with Crippen LogP contribution >= 0.6 is 0 Å². The average molecular weight is 468 g/mol. The Morgan fingerprint density at radius 2 is 1.83 bits per heavy atom. The van der Waals surface area contributed by atoms with Crippen molar-refractivity contribution in [2.24, 2.45) is 0 Å². The monoisotopic (exact) mass is 468 g/mol. The number of likely N-dealkylation sites (tertiary alicyclic amines) is 1. The molecule has 1 amide bonds. The summed E-state index contributed by atoms with van der Waals surface area (Å²) in [4.78, 5) is 27.8. The van der Waals surface area contributed by atoms with Crippen molar-refractivity contribution in [3.63, 3.8) is 0 Å². The van der Waals surface area contributed by atoms with E-state index in [0.717, 1.165) is 30.0 Å². The third-order valence-electron chi connectivity index (χ3n) is 6.10. The zero-order valence-electron chi connectivity index (χ0n) is 18.8. The second-order valence-corrected chi connectivity index (χ2v) is 8.57. The Morgan fingerprint density at radius 1 is 1.06 bits per heavy atom. The molecule has 0 bridgehead atoms. The maximum Gasteiger partial charge on any atom is 0.256 e. The van der Waals surface area contributed by atoms with Gasteiger partial charge in [0.2, 0.25) is 0 Å². The lowest BCUT2D eigenvalue weighted by molar-refractivity contribution is 0.102. The average Bonchev–Trinajstić information content (AvgIpc) is 3.46. The van der Waals surface area contributed by atoms with E-state index < -0.39 is 0 Å². The Bertz CT molecular complexity index is 1520. The first-order valence-corrected chi connectivity index (χ1v) is 11.1. The molecule has 10 heteroatoms. The van der Waals surface area contributed by atoms with Gasteiger partial charge in [-0.3, -0.25) is 9.78 Å². The molecule has 35 heavy (non-hydrogen) atoms. The highest BCUT2D eigenvalue weighted by Crippen LogP contribution is 2.34. The fourth-order valence-corrected chi connectivity index (χ4v) is 4.31. The molecule has 0 radical (unpaired) electrons. The molecule has 174 valence electrons. The van der Waals surface area contributed by atoms with Crippen LogP contribution < -0.4 is 5.32 Å². The number of aromatic nitrogens is 6. The summed E-state index contributed by atoms with van der Waals surface area (Å²) in [6, 6.07) is 13.6. The highest BCUT2D eigenvalue weighted by molar-refractivity contribution is 6.03. The normalized spacial score (nSPS) is 14.2. The van der Waals surface area contributed by atoms with Gasteiger partial charge < -0.3 is 14.8 Å². The summed E-state index contributed by atoms with van der Waals surface area (Å²) in [5.74, 6) is -0.180. The smallest absolute Gasteiger partial charge is 0.256 e. The van der Waals surface area contributed by atoms with Crippen molar-refractivity contribution in [3.05, 3.63) is 84.8 Å². The van der Waals surface area contributed by atoms with Gasteiger partial charge in [-0.15, -0.1) is 0 Å². The topological polar surface area (TPSA) is 93.2 Å². The number of benzene rings is 1. The number of imidazole rings is 2. The molecule has 1 N–H and O–H groups in total. The van der Waals surface area contributed by atoms with Crippen LogP contribution in [0.1, 0.15) is 16.4 Å². The molecule has 0 saturated carbocycles. The van der Waals surface area contributed by atoms with Gasteiger partial charge in [0.25, 0.3) is 5.91 Å². The number of amides is 1. The minimum Gasteiger partial charge on any atom is -0.323 e. The molecule has 1 aliphatic heterocycles. The van der Waals surface area contributed by atoms with E-state index in [1.807, 2.05) is 18.5 Å². The van der Waals surface area contributed by atoms with E-state index in [9.17, 15) is 9.18 Å². The highest BCUT2D eigenvalue weighted by Gasteiger charge is 2.29. The van der Waals surface area contributed by atoms with E-state index in [2.05, 4.69) is 36.8 Å². The Balaban J connectivity index is 1.38. The fraction of sp³-hybridized carbons (Fsp3) is 0.160. The van der Waals surface area contributed by atoms with Crippen LogP contribution in [-0.2, 0) is 0 Å². The van der Waals surface area contributed by atoms with Crippen LogP contribution in [0.3, 0.4) is 0 Å². The quantitative estimate of drug-likeness (QED) is 0.424. The lowest BCUT2D eigenvalue weighted by Crippen LogP contribution is -2.44. The number of anilines is 1. The summed E-state index contributed by atoms with van der Waals surface area (Å²) < 4.78 is 17.3. The number of pyridine rings is 1. The van der Waals surface area contributed by atoms with Crippen molar-refractivity contribution < 1.29 is 9.18 Å². The second-order valence-electron chi connectivity index (χ2n) is 8.57. The Hall–Kier alpha value is -4.44. The third kappa shape index (κ3) is 3.93. The molecule has 1 saturated heterocycles. The van der Waals surface area contributed by atoms with Gasteiger partial charge in [0.05, 0.1) is 30.0 Å². The molecule has 0 atom stereocenters. The molecule has 5 aromatic rings. The number of halogens is 1. The molecule has 4 aromatic heterocycles. The number of hydrogen-bond acceptors (Lipinski definition) is 6. The van der Waals surface area contributed by atoms with Crippen LogP contribution in [-0.4, -0.2) is 60.1 Å². The maximum atomic E-state index is 13.6. The maximum absolute atomic E-state index is 13.6. The number of fused-ring (bicyclic) bond motifs is 1. The summed E-state index contributed by atoms with van der Waals surface area (Å²) >= 11 is 0. The molecule has 0 unspecified atom stereocenters. The van der Waals surface area contributed by atoms with Gasteiger partial charge in [0.15, 0.2) is 11.5 Å². The molecule has 0 spiro atoms. The SMILES string of the molecule is CN1CC(n2cnc(-c3ccc(F)cc3)c2-c2ccc3nc(NC(=O)c4ccncc4)cn3n2)C1. The molecule has 1 fully saturated rings. The number of likely N-dealkylation sites (N-methyl/N-ethyl adjacent to an activating group) is 1. The Labute approximate surface area is 199 Å². The Morgan fingerprint density at radius 3 is 2.57 bits per heavy atom. The highest BCUT2D eigenvalue weighted by atomic mass is 19.1. The molecule has 5 heterocycles. The van der Waals surface area contributed by atoms with Gasteiger partial charge >= 0.3 is 0 Å². The fourth-order valence-electron chi connectivity index (χ4n) is 4.31.